The molecule has 0 saturated heterocycles. The zero-order valence-electron chi connectivity index (χ0n) is 18.0. The molecule has 0 N–H and O–H groups in total. The van der Waals surface area contributed by atoms with Crippen LogP contribution in [0.25, 0.3) is 0 Å². The largest absolute Gasteiger partial charge is 0.639 e. The third-order valence-corrected chi connectivity index (χ3v) is 4.70. The highest BCUT2D eigenvalue weighted by atomic mass is 16.7. The van der Waals surface area contributed by atoms with Crippen LogP contribution in [-0.4, -0.2) is 27.1 Å². The highest BCUT2D eigenvalue weighted by molar-refractivity contribution is 6.36. The van der Waals surface area contributed by atoms with Gasteiger partial charge in [0.2, 0.25) is 0 Å². The van der Waals surface area contributed by atoms with Crippen LogP contribution in [0.4, 0.5) is 0 Å². The quantitative estimate of drug-likeness (QED) is 0.262. The Morgan fingerprint density at radius 2 is 0.840 bits per heavy atom. The van der Waals surface area contributed by atoms with E-state index in [0.29, 0.717) is 17.8 Å². The van der Waals surface area contributed by atoms with Crippen molar-refractivity contribution in [3.63, 3.8) is 0 Å². The van der Waals surface area contributed by atoms with Gasteiger partial charge in [-0.1, -0.05) is 80.1 Å². The molecule has 0 aromatic rings. The lowest BCUT2D eigenvalue weighted by Crippen LogP contribution is -2.32. The van der Waals surface area contributed by atoms with Crippen molar-refractivity contribution in [2.24, 2.45) is 17.8 Å². The van der Waals surface area contributed by atoms with Gasteiger partial charge in [-0.25, -0.2) is 0 Å². The van der Waals surface area contributed by atoms with Gasteiger partial charge in [0.25, 0.3) is 0 Å². The standard InChI is InChI=1S/C21H45BO3/c1-7-10-13-19(4)16-23-22(24-17-20(5)14-11-8-2)25-18-21(6)15-12-9-3/h19-21H,7-18H2,1-6H3. The molecule has 3 unspecified atom stereocenters. The van der Waals surface area contributed by atoms with Gasteiger partial charge in [0.05, 0.1) is 0 Å². The topological polar surface area (TPSA) is 27.7 Å². The molecule has 0 saturated carbocycles. The van der Waals surface area contributed by atoms with Crippen molar-refractivity contribution in [3.8, 4) is 0 Å². The first-order chi connectivity index (χ1) is 12.0. The maximum Gasteiger partial charge on any atom is 0.639 e. The van der Waals surface area contributed by atoms with Crippen LogP contribution in [0.15, 0.2) is 0 Å². The first kappa shape index (κ1) is 24.9. The summed E-state index contributed by atoms with van der Waals surface area (Å²) < 4.78 is 17.9. The second-order valence-electron chi connectivity index (χ2n) is 8.03. The first-order valence-electron chi connectivity index (χ1n) is 10.9. The second kappa shape index (κ2) is 17.4. The zero-order valence-corrected chi connectivity index (χ0v) is 18.0. The van der Waals surface area contributed by atoms with E-state index < -0.39 is 7.32 Å². The van der Waals surface area contributed by atoms with Crippen molar-refractivity contribution in [1.29, 1.82) is 0 Å². The van der Waals surface area contributed by atoms with Crippen LogP contribution in [-0.2, 0) is 14.0 Å². The van der Waals surface area contributed by atoms with Crippen molar-refractivity contribution in [2.75, 3.05) is 19.8 Å². The van der Waals surface area contributed by atoms with Crippen LogP contribution in [0.5, 0.6) is 0 Å². The minimum Gasteiger partial charge on any atom is -0.386 e. The molecule has 0 bridgehead atoms. The number of unbranched alkanes of at least 4 members (excludes halogenated alkanes) is 3. The van der Waals surface area contributed by atoms with E-state index in [1.165, 1.54) is 57.8 Å². The molecule has 0 aliphatic heterocycles. The monoisotopic (exact) mass is 356 g/mol. The third-order valence-electron chi connectivity index (χ3n) is 4.70. The fourth-order valence-electron chi connectivity index (χ4n) is 2.78. The third kappa shape index (κ3) is 15.9. The van der Waals surface area contributed by atoms with Crippen LogP contribution < -0.4 is 0 Å². The molecular weight excluding hydrogens is 311 g/mol. The molecule has 0 heterocycles. The van der Waals surface area contributed by atoms with Crippen LogP contribution in [0.2, 0.25) is 0 Å². The number of rotatable bonds is 18. The Morgan fingerprint density at radius 3 is 1.08 bits per heavy atom. The van der Waals surface area contributed by atoms with Crippen LogP contribution in [0, 0.1) is 17.8 Å². The van der Waals surface area contributed by atoms with Gasteiger partial charge in [-0.3, -0.25) is 0 Å². The molecule has 4 heteroatoms. The van der Waals surface area contributed by atoms with Gasteiger partial charge >= 0.3 is 7.32 Å². The SMILES string of the molecule is CCCCC(C)COB(OCC(C)CCCC)OCC(C)CCCC. The average molecular weight is 356 g/mol. The predicted molar refractivity (Wildman–Crippen MR) is 110 cm³/mol. The highest BCUT2D eigenvalue weighted by Gasteiger charge is 2.24. The van der Waals surface area contributed by atoms with Crippen molar-refractivity contribution in [1.82, 2.24) is 0 Å². The Hall–Kier alpha value is -0.0551. The minimum absolute atomic E-state index is 0.503. The summed E-state index contributed by atoms with van der Waals surface area (Å²) in [7, 11) is -0.503. The lowest BCUT2D eigenvalue weighted by Gasteiger charge is -2.21. The van der Waals surface area contributed by atoms with Crippen molar-refractivity contribution >= 4 is 7.32 Å². The summed E-state index contributed by atoms with van der Waals surface area (Å²) in [5.41, 5.74) is 0. The molecule has 0 radical (unpaired) electrons. The summed E-state index contributed by atoms with van der Waals surface area (Å²) in [5.74, 6) is 1.68. The molecule has 0 amide bonds. The smallest absolute Gasteiger partial charge is 0.386 e. The molecule has 0 aliphatic carbocycles. The summed E-state index contributed by atoms with van der Waals surface area (Å²) in [6.45, 7) is 15.6. The van der Waals surface area contributed by atoms with Gasteiger partial charge in [-0.2, -0.15) is 0 Å². The van der Waals surface area contributed by atoms with Crippen molar-refractivity contribution in [2.45, 2.75) is 99.3 Å². The minimum atomic E-state index is -0.503. The van der Waals surface area contributed by atoms with Crippen LogP contribution in [0.3, 0.4) is 0 Å². The maximum atomic E-state index is 5.97. The van der Waals surface area contributed by atoms with Gasteiger partial charge in [-0.05, 0) is 37.0 Å². The fourth-order valence-corrected chi connectivity index (χ4v) is 2.78. The number of hydrogen-bond donors (Lipinski definition) is 0. The molecule has 25 heavy (non-hydrogen) atoms. The highest BCUT2D eigenvalue weighted by Crippen LogP contribution is 2.13. The van der Waals surface area contributed by atoms with Gasteiger partial charge in [0.15, 0.2) is 0 Å². The summed E-state index contributed by atoms with van der Waals surface area (Å²) in [5, 5.41) is 0. The van der Waals surface area contributed by atoms with E-state index >= 15 is 0 Å². The van der Waals surface area contributed by atoms with Crippen LogP contribution >= 0.6 is 0 Å². The molecule has 0 aromatic heterocycles. The zero-order chi connectivity index (χ0) is 18.9. The fraction of sp³-hybridized carbons (Fsp3) is 1.00. The van der Waals surface area contributed by atoms with Gasteiger partial charge in [0.1, 0.15) is 0 Å². The van der Waals surface area contributed by atoms with E-state index in [0.717, 1.165) is 19.8 Å². The Kier molecular flexibility index (Phi) is 17.3. The van der Waals surface area contributed by atoms with E-state index in [1.807, 2.05) is 0 Å². The molecule has 0 aromatic carbocycles. The van der Waals surface area contributed by atoms with Crippen molar-refractivity contribution < 1.29 is 14.0 Å². The lowest BCUT2D eigenvalue weighted by molar-refractivity contribution is 0.0601. The van der Waals surface area contributed by atoms with E-state index in [2.05, 4.69) is 41.5 Å². The molecule has 0 fully saturated rings. The second-order valence-corrected chi connectivity index (χ2v) is 8.03. The molecule has 0 spiro atoms. The molecule has 0 aliphatic rings. The van der Waals surface area contributed by atoms with Crippen molar-refractivity contribution in [3.05, 3.63) is 0 Å². The van der Waals surface area contributed by atoms with Gasteiger partial charge in [-0.15, -0.1) is 0 Å². The lowest BCUT2D eigenvalue weighted by atomic mass is 10.0. The normalized spacial score (nSPS) is 15.1. The number of hydrogen-bond acceptors (Lipinski definition) is 3. The van der Waals surface area contributed by atoms with E-state index in [9.17, 15) is 0 Å². The summed E-state index contributed by atoms with van der Waals surface area (Å²) in [6, 6.07) is 0. The Morgan fingerprint density at radius 1 is 0.560 bits per heavy atom. The van der Waals surface area contributed by atoms with Gasteiger partial charge in [0, 0.05) is 19.8 Å². The van der Waals surface area contributed by atoms with Crippen LogP contribution in [0.1, 0.15) is 99.3 Å². The van der Waals surface area contributed by atoms with E-state index in [4.69, 9.17) is 14.0 Å². The first-order valence-corrected chi connectivity index (χ1v) is 10.9. The summed E-state index contributed by atoms with van der Waals surface area (Å²) in [4.78, 5) is 0. The Bertz CT molecular complexity index is 233. The van der Waals surface area contributed by atoms with E-state index in [1.54, 1.807) is 0 Å². The molecular formula is C21H45BO3. The molecule has 150 valence electrons. The average Bonchev–Trinajstić information content (AvgIpc) is 2.61. The molecule has 3 atom stereocenters. The predicted octanol–water partition coefficient (Wildman–Crippen LogP) is 6.50. The Balaban J connectivity index is 4.24. The summed E-state index contributed by atoms with van der Waals surface area (Å²) >= 11 is 0. The molecule has 3 nitrogen and oxygen atoms in total. The van der Waals surface area contributed by atoms with Gasteiger partial charge < -0.3 is 14.0 Å². The van der Waals surface area contributed by atoms with E-state index in [-0.39, 0.29) is 0 Å². The Labute approximate surface area is 158 Å². The maximum absolute atomic E-state index is 5.97. The molecule has 0 rings (SSSR count). The summed E-state index contributed by atoms with van der Waals surface area (Å²) in [6.07, 6.45) is 11.1.